The zero-order valence-electron chi connectivity index (χ0n) is 6.28. The summed E-state index contributed by atoms with van der Waals surface area (Å²) >= 11 is 0. The minimum Gasteiger partial charge on any atom is -0.232 e. The molecule has 0 aromatic heterocycles. The standard InChI is InChI=1S/C8H10O2S/c1-7-4-2-3-5-8(7)6-11(9)10/h2-5,11H,6H2,1H3. The molecule has 1 aromatic rings. The van der Waals surface area contributed by atoms with Crippen molar-refractivity contribution in [1.82, 2.24) is 0 Å². The second-order valence-corrected chi connectivity index (χ2v) is 3.40. The number of aryl methyl sites for hydroxylation is 1. The van der Waals surface area contributed by atoms with E-state index in [0.29, 0.717) is 0 Å². The summed E-state index contributed by atoms with van der Waals surface area (Å²) in [5.74, 6) is 0.155. The van der Waals surface area contributed by atoms with Crippen molar-refractivity contribution in [1.29, 1.82) is 0 Å². The Balaban J connectivity index is 2.94. The second-order valence-electron chi connectivity index (χ2n) is 2.42. The molecule has 0 saturated heterocycles. The molecular weight excluding hydrogens is 160 g/mol. The third kappa shape index (κ3) is 2.35. The van der Waals surface area contributed by atoms with Crippen molar-refractivity contribution in [2.24, 2.45) is 0 Å². The van der Waals surface area contributed by atoms with Crippen LogP contribution in [0.25, 0.3) is 0 Å². The third-order valence-electron chi connectivity index (χ3n) is 1.56. The van der Waals surface area contributed by atoms with Gasteiger partial charge in [-0.15, -0.1) is 0 Å². The molecule has 11 heavy (non-hydrogen) atoms. The van der Waals surface area contributed by atoms with E-state index in [1.165, 1.54) is 0 Å². The van der Waals surface area contributed by atoms with Crippen LogP contribution in [0.1, 0.15) is 11.1 Å². The van der Waals surface area contributed by atoms with Gasteiger partial charge in [0.15, 0.2) is 0 Å². The van der Waals surface area contributed by atoms with Crippen LogP contribution in [0.3, 0.4) is 0 Å². The van der Waals surface area contributed by atoms with Crippen molar-refractivity contribution < 1.29 is 8.42 Å². The minimum atomic E-state index is -2.29. The highest BCUT2D eigenvalue weighted by atomic mass is 32.2. The smallest absolute Gasteiger partial charge is 0.144 e. The van der Waals surface area contributed by atoms with Crippen molar-refractivity contribution in [3.8, 4) is 0 Å². The molecule has 2 nitrogen and oxygen atoms in total. The lowest BCUT2D eigenvalue weighted by atomic mass is 10.1. The van der Waals surface area contributed by atoms with Gasteiger partial charge < -0.3 is 0 Å². The summed E-state index contributed by atoms with van der Waals surface area (Å²) in [6.07, 6.45) is 0. The van der Waals surface area contributed by atoms with Crippen molar-refractivity contribution in [3.05, 3.63) is 35.4 Å². The normalized spacial score (nSPS) is 10.4. The van der Waals surface area contributed by atoms with Crippen LogP contribution in [0.5, 0.6) is 0 Å². The summed E-state index contributed by atoms with van der Waals surface area (Å²) in [6.45, 7) is 1.91. The second kappa shape index (κ2) is 3.53. The first kappa shape index (κ1) is 8.27. The molecule has 0 aliphatic heterocycles. The SMILES string of the molecule is Cc1ccccc1C[SH](=O)=O. The zero-order chi connectivity index (χ0) is 8.27. The molecule has 0 radical (unpaired) electrons. The summed E-state index contributed by atoms with van der Waals surface area (Å²) in [6, 6.07) is 7.49. The van der Waals surface area contributed by atoms with E-state index in [2.05, 4.69) is 0 Å². The van der Waals surface area contributed by atoms with E-state index in [4.69, 9.17) is 0 Å². The molecule has 0 N–H and O–H groups in total. The molecule has 0 saturated carbocycles. The quantitative estimate of drug-likeness (QED) is 0.674. The Hall–Kier alpha value is -0.830. The van der Waals surface area contributed by atoms with Crippen LogP contribution < -0.4 is 0 Å². The minimum absolute atomic E-state index is 0.155. The van der Waals surface area contributed by atoms with Crippen LogP contribution in [0.4, 0.5) is 0 Å². The molecule has 0 heterocycles. The summed E-state index contributed by atoms with van der Waals surface area (Å²) in [7, 11) is -2.29. The van der Waals surface area contributed by atoms with Crippen molar-refractivity contribution in [3.63, 3.8) is 0 Å². The van der Waals surface area contributed by atoms with E-state index in [9.17, 15) is 8.42 Å². The van der Waals surface area contributed by atoms with Gasteiger partial charge in [-0.3, -0.25) is 0 Å². The first-order valence-corrected chi connectivity index (χ1v) is 4.73. The van der Waals surface area contributed by atoms with E-state index >= 15 is 0 Å². The van der Waals surface area contributed by atoms with Crippen LogP contribution in [0.15, 0.2) is 24.3 Å². The Kier molecular flexibility index (Phi) is 2.65. The monoisotopic (exact) mass is 170 g/mol. The lowest BCUT2D eigenvalue weighted by molar-refractivity contribution is 0.614. The van der Waals surface area contributed by atoms with E-state index < -0.39 is 10.7 Å². The first-order valence-electron chi connectivity index (χ1n) is 3.36. The Morgan fingerprint density at radius 2 is 1.91 bits per heavy atom. The van der Waals surface area contributed by atoms with Gasteiger partial charge in [0.25, 0.3) is 0 Å². The number of benzene rings is 1. The average Bonchev–Trinajstić information content (AvgIpc) is 1.93. The Morgan fingerprint density at radius 3 is 2.45 bits per heavy atom. The maximum Gasteiger partial charge on any atom is 0.144 e. The fourth-order valence-corrected chi connectivity index (χ4v) is 1.56. The van der Waals surface area contributed by atoms with Gasteiger partial charge in [0.2, 0.25) is 0 Å². The van der Waals surface area contributed by atoms with Gasteiger partial charge in [-0.1, -0.05) is 24.3 Å². The number of rotatable bonds is 2. The predicted octanol–water partition coefficient (Wildman–Crippen LogP) is 1.11. The molecule has 1 aromatic carbocycles. The van der Waals surface area contributed by atoms with Crippen molar-refractivity contribution in [2.75, 3.05) is 0 Å². The summed E-state index contributed by atoms with van der Waals surface area (Å²) in [4.78, 5) is 0. The highest BCUT2D eigenvalue weighted by Gasteiger charge is 1.96. The summed E-state index contributed by atoms with van der Waals surface area (Å²) in [5, 5.41) is 0. The number of hydrogen-bond donors (Lipinski definition) is 1. The predicted molar refractivity (Wildman–Crippen MR) is 45.2 cm³/mol. The fraction of sp³-hybridized carbons (Fsp3) is 0.250. The molecule has 0 aliphatic rings. The van der Waals surface area contributed by atoms with Gasteiger partial charge in [0.05, 0.1) is 5.75 Å². The van der Waals surface area contributed by atoms with Crippen LogP contribution in [-0.2, 0) is 16.5 Å². The maximum absolute atomic E-state index is 10.4. The topological polar surface area (TPSA) is 34.1 Å². The lowest BCUT2D eigenvalue weighted by Gasteiger charge is -1.98. The van der Waals surface area contributed by atoms with Gasteiger partial charge in [0, 0.05) is 0 Å². The molecule has 0 atom stereocenters. The lowest BCUT2D eigenvalue weighted by Crippen LogP contribution is -1.89. The number of hydrogen-bond acceptors (Lipinski definition) is 2. The zero-order valence-corrected chi connectivity index (χ0v) is 7.17. The maximum atomic E-state index is 10.4. The molecule has 0 bridgehead atoms. The largest absolute Gasteiger partial charge is 0.232 e. The van der Waals surface area contributed by atoms with E-state index in [0.717, 1.165) is 11.1 Å². The van der Waals surface area contributed by atoms with Crippen LogP contribution in [0, 0.1) is 6.92 Å². The average molecular weight is 170 g/mol. The molecule has 0 unspecified atom stereocenters. The fourth-order valence-electron chi connectivity index (χ4n) is 0.927. The van der Waals surface area contributed by atoms with E-state index in [1.54, 1.807) is 0 Å². The van der Waals surface area contributed by atoms with Gasteiger partial charge in [-0.05, 0) is 18.1 Å². The highest BCUT2D eigenvalue weighted by molar-refractivity contribution is 7.71. The van der Waals surface area contributed by atoms with Crippen LogP contribution in [-0.4, -0.2) is 8.42 Å². The van der Waals surface area contributed by atoms with Gasteiger partial charge in [-0.2, -0.15) is 0 Å². The van der Waals surface area contributed by atoms with Crippen molar-refractivity contribution >= 4 is 10.7 Å². The Labute approximate surface area is 67.8 Å². The Morgan fingerprint density at radius 1 is 1.27 bits per heavy atom. The highest BCUT2D eigenvalue weighted by Crippen LogP contribution is 2.07. The summed E-state index contributed by atoms with van der Waals surface area (Å²) in [5.41, 5.74) is 1.93. The van der Waals surface area contributed by atoms with Gasteiger partial charge >= 0.3 is 0 Å². The van der Waals surface area contributed by atoms with Gasteiger partial charge in [-0.25, -0.2) is 8.42 Å². The molecular formula is C8H10O2S. The molecule has 0 spiro atoms. The molecule has 60 valence electrons. The van der Waals surface area contributed by atoms with Crippen LogP contribution >= 0.6 is 0 Å². The molecule has 0 fully saturated rings. The molecule has 3 heteroatoms. The van der Waals surface area contributed by atoms with Crippen molar-refractivity contribution in [2.45, 2.75) is 12.7 Å². The van der Waals surface area contributed by atoms with Gasteiger partial charge in [0.1, 0.15) is 10.7 Å². The third-order valence-corrected chi connectivity index (χ3v) is 2.16. The van der Waals surface area contributed by atoms with E-state index in [-0.39, 0.29) is 5.75 Å². The summed E-state index contributed by atoms with van der Waals surface area (Å²) < 4.78 is 20.7. The molecule has 0 aliphatic carbocycles. The van der Waals surface area contributed by atoms with E-state index in [1.807, 2.05) is 31.2 Å². The first-order chi connectivity index (χ1) is 5.20. The van der Waals surface area contributed by atoms with Crippen LogP contribution in [0.2, 0.25) is 0 Å². The molecule has 1 rings (SSSR count). The Bertz CT molecular complexity index is 308. The number of thiol groups is 1. The molecule has 0 amide bonds.